The van der Waals surface area contributed by atoms with E-state index in [1.807, 2.05) is 0 Å². The summed E-state index contributed by atoms with van der Waals surface area (Å²) < 4.78 is 5.07. The second-order valence-corrected chi connectivity index (χ2v) is 6.74. The summed E-state index contributed by atoms with van der Waals surface area (Å²) in [5, 5.41) is 16.1. The molecule has 2 rings (SSSR count). The molecule has 0 bridgehead atoms. The normalized spacial score (nSPS) is 11.6. The highest BCUT2D eigenvalue weighted by Gasteiger charge is 2.26. The van der Waals surface area contributed by atoms with Gasteiger partial charge in [-0.15, -0.1) is 0 Å². The van der Waals surface area contributed by atoms with E-state index >= 15 is 0 Å². The topological polar surface area (TPSA) is 111 Å². The van der Waals surface area contributed by atoms with Gasteiger partial charge in [0.15, 0.2) is 0 Å². The summed E-state index contributed by atoms with van der Waals surface area (Å²) in [6.07, 6.45) is 0. The Kier molecular flexibility index (Phi) is 6.94. The number of ether oxygens (including phenoxy) is 1. The summed E-state index contributed by atoms with van der Waals surface area (Å²) in [4.78, 5) is 35.4. The molecule has 2 aromatic carbocycles. The van der Waals surface area contributed by atoms with E-state index < -0.39 is 22.8 Å². The molecule has 0 spiro atoms. The SMILES string of the molecule is COc1ccc(NC(=O)[C@@H](NC(=O)c2ccc([N+](=O)[O-])cc2Cl)C(C)C)cc1. The van der Waals surface area contributed by atoms with Crippen LogP contribution in [0, 0.1) is 16.0 Å². The molecule has 148 valence electrons. The Balaban J connectivity index is 2.13. The quantitative estimate of drug-likeness (QED) is 0.539. The number of amides is 2. The van der Waals surface area contributed by atoms with Crippen molar-refractivity contribution in [3.8, 4) is 5.75 Å². The molecule has 0 heterocycles. The Morgan fingerprint density at radius 1 is 1.14 bits per heavy atom. The lowest BCUT2D eigenvalue weighted by Gasteiger charge is -2.22. The standard InChI is InChI=1S/C19H20ClN3O5/c1-11(2)17(19(25)21-12-4-7-14(28-3)8-5-12)22-18(24)15-9-6-13(23(26)27)10-16(15)20/h4-11,17H,1-3H3,(H,21,25)(H,22,24)/t17-/m0/s1. The number of carbonyl (C=O) groups excluding carboxylic acids is 2. The van der Waals surface area contributed by atoms with Crippen molar-refractivity contribution in [3.05, 3.63) is 63.2 Å². The van der Waals surface area contributed by atoms with Crippen LogP contribution < -0.4 is 15.4 Å². The molecule has 2 amide bonds. The molecule has 0 radical (unpaired) electrons. The van der Waals surface area contributed by atoms with Gasteiger partial charge >= 0.3 is 0 Å². The lowest BCUT2D eigenvalue weighted by Crippen LogP contribution is -2.47. The van der Waals surface area contributed by atoms with Crippen LogP contribution in [0.25, 0.3) is 0 Å². The highest BCUT2D eigenvalue weighted by Crippen LogP contribution is 2.23. The van der Waals surface area contributed by atoms with Gasteiger partial charge in [0.25, 0.3) is 11.6 Å². The maximum absolute atomic E-state index is 12.6. The molecule has 2 aromatic rings. The molecule has 9 heteroatoms. The Morgan fingerprint density at radius 2 is 1.79 bits per heavy atom. The van der Waals surface area contributed by atoms with Crippen molar-refractivity contribution in [2.75, 3.05) is 12.4 Å². The monoisotopic (exact) mass is 405 g/mol. The van der Waals surface area contributed by atoms with E-state index in [4.69, 9.17) is 16.3 Å². The van der Waals surface area contributed by atoms with Gasteiger partial charge < -0.3 is 15.4 Å². The van der Waals surface area contributed by atoms with Crippen molar-refractivity contribution >= 4 is 34.8 Å². The van der Waals surface area contributed by atoms with Gasteiger partial charge in [-0.2, -0.15) is 0 Å². The van der Waals surface area contributed by atoms with Crippen LogP contribution in [-0.4, -0.2) is 29.9 Å². The number of methoxy groups -OCH3 is 1. The second-order valence-electron chi connectivity index (χ2n) is 6.33. The average Bonchev–Trinajstić information content (AvgIpc) is 2.65. The first-order chi connectivity index (χ1) is 13.2. The summed E-state index contributed by atoms with van der Waals surface area (Å²) in [5.74, 6) is -0.548. The van der Waals surface area contributed by atoms with Crippen LogP contribution >= 0.6 is 11.6 Å². The fourth-order valence-corrected chi connectivity index (χ4v) is 2.71. The van der Waals surface area contributed by atoms with Crippen LogP contribution in [0.5, 0.6) is 5.75 Å². The molecule has 0 aliphatic rings. The van der Waals surface area contributed by atoms with Crippen LogP contribution in [-0.2, 0) is 4.79 Å². The molecule has 0 unspecified atom stereocenters. The number of hydrogen-bond acceptors (Lipinski definition) is 5. The van der Waals surface area contributed by atoms with Crippen molar-refractivity contribution in [1.82, 2.24) is 5.32 Å². The third-order valence-corrected chi connectivity index (χ3v) is 4.31. The zero-order valence-corrected chi connectivity index (χ0v) is 16.3. The molecule has 28 heavy (non-hydrogen) atoms. The van der Waals surface area contributed by atoms with E-state index in [-0.39, 0.29) is 22.2 Å². The number of carbonyl (C=O) groups is 2. The third-order valence-electron chi connectivity index (χ3n) is 4.00. The van der Waals surface area contributed by atoms with Gasteiger partial charge in [-0.1, -0.05) is 25.4 Å². The van der Waals surface area contributed by atoms with Gasteiger partial charge in [0.1, 0.15) is 11.8 Å². The van der Waals surface area contributed by atoms with Gasteiger partial charge in [-0.05, 0) is 36.2 Å². The van der Waals surface area contributed by atoms with Crippen molar-refractivity contribution in [2.45, 2.75) is 19.9 Å². The van der Waals surface area contributed by atoms with E-state index in [1.165, 1.54) is 12.1 Å². The first kappa shape index (κ1) is 21.2. The molecule has 1 atom stereocenters. The lowest BCUT2D eigenvalue weighted by atomic mass is 10.0. The van der Waals surface area contributed by atoms with E-state index in [1.54, 1.807) is 45.2 Å². The maximum Gasteiger partial charge on any atom is 0.270 e. The first-order valence-electron chi connectivity index (χ1n) is 8.42. The molecular weight excluding hydrogens is 386 g/mol. The van der Waals surface area contributed by atoms with Gasteiger partial charge in [-0.3, -0.25) is 19.7 Å². The number of nitro benzene ring substituents is 1. The van der Waals surface area contributed by atoms with E-state index in [9.17, 15) is 19.7 Å². The largest absolute Gasteiger partial charge is 0.497 e. The minimum absolute atomic E-state index is 0.0511. The predicted molar refractivity (Wildman–Crippen MR) is 106 cm³/mol. The maximum atomic E-state index is 12.6. The van der Waals surface area contributed by atoms with Crippen LogP contribution in [0.3, 0.4) is 0 Å². The zero-order valence-electron chi connectivity index (χ0n) is 15.6. The number of nitrogens with one attached hydrogen (secondary N) is 2. The van der Waals surface area contributed by atoms with E-state index in [0.29, 0.717) is 11.4 Å². The van der Waals surface area contributed by atoms with E-state index in [2.05, 4.69) is 10.6 Å². The van der Waals surface area contributed by atoms with Crippen molar-refractivity contribution in [3.63, 3.8) is 0 Å². The molecule has 0 saturated carbocycles. The molecule has 0 aliphatic carbocycles. The summed E-state index contributed by atoms with van der Waals surface area (Å²) in [7, 11) is 1.54. The van der Waals surface area contributed by atoms with Gasteiger partial charge in [0.05, 0.1) is 22.6 Å². The van der Waals surface area contributed by atoms with Gasteiger partial charge in [0, 0.05) is 17.8 Å². The molecular formula is C19H20ClN3O5. The Morgan fingerprint density at radius 3 is 2.29 bits per heavy atom. The van der Waals surface area contributed by atoms with Crippen molar-refractivity contribution in [2.24, 2.45) is 5.92 Å². The molecule has 0 fully saturated rings. The summed E-state index contributed by atoms with van der Waals surface area (Å²) in [6.45, 7) is 3.58. The number of nitrogens with zero attached hydrogens (tertiary/aromatic N) is 1. The van der Waals surface area contributed by atoms with Crippen molar-refractivity contribution in [1.29, 1.82) is 0 Å². The minimum Gasteiger partial charge on any atom is -0.497 e. The average molecular weight is 406 g/mol. The Hall–Kier alpha value is -3.13. The van der Waals surface area contributed by atoms with Crippen LogP contribution in [0.1, 0.15) is 24.2 Å². The van der Waals surface area contributed by atoms with Crippen LogP contribution in [0.15, 0.2) is 42.5 Å². The Labute approximate surface area is 167 Å². The number of halogens is 1. The fourth-order valence-electron chi connectivity index (χ4n) is 2.45. The van der Waals surface area contributed by atoms with Gasteiger partial charge in [-0.25, -0.2) is 0 Å². The van der Waals surface area contributed by atoms with Crippen LogP contribution in [0.4, 0.5) is 11.4 Å². The fraction of sp³-hybridized carbons (Fsp3) is 0.263. The molecule has 0 saturated heterocycles. The third kappa shape index (κ3) is 5.20. The van der Waals surface area contributed by atoms with Gasteiger partial charge in [0.2, 0.25) is 5.91 Å². The Bertz CT molecular complexity index is 884. The number of anilines is 1. The molecule has 8 nitrogen and oxygen atoms in total. The van der Waals surface area contributed by atoms with Crippen LogP contribution in [0.2, 0.25) is 5.02 Å². The van der Waals surface area contributed by atoms with E-state index in [0.717, 1.165) is 6.07 Å². The molecule has 2 N–H and O–H groups in total. The zero-order chi connectivity index (χ0) is 20.8. The highest BCUT2D eigenvalue weighted by atomic mass is 35.5. The van der Waals surface area contributed by atoms with Crippen molar-refractivity contribution < 1.29 is 19.2 Å². The number of hydrogen-bond donors (Lipinski definition) is 2. The summed E-state index contributed by atoms with van der Waals surface area (Å²) in [6, 6.07) is 9.48. The molecule has 0 aliphatic heterocycles. The lowest BCUT2D eigenvalue weighted by molar-refractivity contribution is -0.384. The molecule has 0 aromatic heterocycles. The second kappa shape index (κ2) is 9.18. The number of rotatable bonds is 7. The summed E-state index contributed by atoms with van der Waals surface area (Å²) >= 11 is 5.99. The predicted octanol–water partition coefficient (Wildman–Crippen LogP) is 3.65. The first-order valence-corrected chi connectivity index (χ1v) is 8.80. The highest BCUT2D eigenvalue weighted by molar-refractivity contribution is 6.34. The summed E-state index contributed by atoms with van der Waals surface area (Å²) in [5.41, 5.74) is 0.383. The smallest absolute Gasteiger partial charge is 0.270 e. The minimum atomic E-state index is -0.833. The number of non-ortho nitro benzene ring substituents is 1. The number of benzene rings is 2. The number of nitro groups is 1.